The summed E-state index contributed by atoms with van der Waals surface area (Å²) in [7, 11) is 0. The minimum Gasteiger partial charge on any atom is -0.480 e. The Kier molecular flexibility index (Phi) is 4.52. The van der Waals surface area contributed by atoms with Gasteiger partial charge in [-0.1, -0.05) is 38.1 Å². The zero-order valence-corrected chi connectivity index (χ0v) is 12.4. The molecule has 1 unspecified atom stereocenters. The van der Waals surface area contributed by atoms with Gasteiger partial charge in [-0.05, 0) is 17.9 Å². The van der Waals surface area contributed by atoms with Crippen LogP contribution in [0.4, 0.5) is 0 Å². The zero-order chi connectivity index (χ0) is 14.7. The number of rotatable bonds is 5. The number of carbonyl (C=O) groups is 1. The van der Waals surface area contributed by atoms with E-state index in [1.165, 1.54) is 16.9 Å². The standard InChI is InChI=1S/C15H18N2O2S/c1-9(2)7-10-3-5-11(6-4-10)14-17-12(8-20-14)13(16)15(18)19/h3-6,8-9,13H,7,16H2,1-2H3,(H,18,19). The van der Waals surface area contributed by atoms with E-state index in [2.05, 4.69) is 31.0 Å². The highest BCUT2D eigenvalue weighted by molar-refractivity contribution is 7.13. The van der Waals surface area contributed by atoms with Gasteiger partial charge in [0.2, 0.25) is 0 Å². The van der Waals surface area contributed by atoms with E-state index in [0.717, 1.165) is 17.0 Å². The minimum atomic E-state index is -1.06. The summed E-state index contributed by atoms with van der Waals surface area (Å²) in [5, 5.41) is 11.4. The Morgan fingerprint density at radius 3 is 2.55 bits per heavy atom. The van der Waals surface area contributed by atoms with Crippen molar-refractivity contribution in [1.82, 2.24) is 4.98 Å². The van der Waals surface area contributed by atoms with Crippen LogP contribution in [0.2, 0.25) is 0 Å². The first-order valence-corrected chi connectivity index (χ1v) is 7.38. The molecule has 3 N–H and O–H groups in total. The van der Waals surface area contributed by atoms with E-state index in [1.54, 1.807) is 5.38 Å². The molecule has 106 valence electrons. The van der Waals surface area contributed by atoms with Gasteiger partial charge in [0.1, 0.15) is 11.0 Å². The maximum atomic E-state index is 10.8. The van der Waals surface area contributed by atoms with Crippen LogP contribution < -0.4 is 5.73 Å². The fourth-order valence-corrected chi connectivity index (χ4v) is 2.80. The molecule has 1 atom stereocenters. The van der Waals surface area contributed by atoms with Crippen LogP contribution in [0.15, 0.2) is 29.6 Å². The van der Waals surface area contributed by atoms with Crippen molar-refractivity contribution in [3.8, 4) is 10.6 Å². The predicted octanol–water partition coefficient (Wildman–Crippen LogP) is 3.09. The molecule has 0 saturated heterocycles. The summed E-state index contributed by atoms with van der Waals surface area (Å²) in [5.41, 5.74) is 8.25. The summed E-state index contributed by atoms with van der Waals surface area (Å²) in [5.74, 6) is -0.435. The molecule has 1 heterocycles. The normalized spacial score (nSPS) is 12.6. The number of thiazole rings is 1. The predicted molar refractivity (Wildman–Crippen MR) is 80.7 cm³/mol. The van der Waals surface area contributed by atoms with Crippen molar-refractivity contribution in [1.29, 1.82) is 0 Å². The Balaban J connectivity index is 2.18. The van der Waals surface area contributed by atoms with Gasteiger partial charge >= 0.3 is 5.97 Å². The average molecular weight is 290 g/mol. The molecule has 0 radical (unpaired) electrons. The summed E-state index contributed by atoms with van der Waals surface area (Å²) in [6, 6.07) is 7.17. The number of aromatic nitrogens is 1. The van der Waals surface area contributed by atoms with E-state index in [4.69, 9.17) is 10.8 Å². The first kappa shape index (κ1) is 14.7. The molecule has 0 bridgehead atoms. The van der Waals surface area contributed by atoms with E-state index in [0.29, 0.717) is 11.6 Å². The van der Waals surface area contributed by atoms with Crippen LogP contribution in [-0.4, -0.2) is 16.1 Å². The second kappa shape index (κ2) is 6.15. The summed E-state index contributed by atoms with van der Waals surface area (Å²) >= 11 is 1.41. The van der Waals surface area contributed by atoms with Crippen LogP contribution >= 0.6 is 11.3 Å². The van der Waals surface area contributed by atoms with Crippen molar-refractivity contribution in [3.63, 3.8) is 0 Å². The smallest absolute Gasteiger partial charge is 0.326 e. The van der Waals surface area contributed by atoms with Crippen LogP contribution in [0, 0.1) is 5.92 Å². The molecular weight excluding hydrogens is 272 g/mol. The third kappa shape index (κ3) is 3.43. The summed E-state index contributed by atoms with van der Waals surface area (Å²) in [6.45, 7) is 4.38. The monoisotopic (exact) mass is 290 g/mol. The van der Waals surface area contributed by atoms with Crippen LogP contribution in [0.5, 0.6) is 0 Å². The van der Waals surface area contributed by atoms with Gasteiger partial charge in [0, 0.05) is 10.9 Å². The molecule has 0 saturated carbocycles. The molecule has 4 nitrogen and oxygen atoms in total. The first-order chi connectivity index (χ1) is 9.47. The van der Waals surface area contributed by atoms with Crippen molar-refractivity contribution in [2.75, 3.05) is 0 Å². The minimum absolute atomic E-state index is 0.406. The third-order valence-corrected chi connectivity index (χ3v) is 3.86. The fourth-order valence-electron chi connectivity index (χ4n) is 1.94. The first-order valence-electron chi connectivity index (χ1n) is 6.50. The Hall–Kier alpha value is -1.72. The maximum Gasteiger partial charge on any atom is 0.326 e. The van der Waals surface area contributed by atoms with Crippen molar-refractivity contribution in [3.05, 3.63) is 40.9 Å². The fraction of sp³-hybridized carbons (Fsp3) is 0.333. The lowest BCUT2D eigenvalue weighted by Gasteiger charge is -2.05. The molecule has 0 aliphatic rings. The molecule has 0 amide bonds. The molecule has 1 aromatic heterocycles. The molecule has 5 heteroatoms. The van der Waals surface area contributed by atoms with E-state index < -0.39 is 12.0 Å². The highest BCUT2D eigenvalue weighted by Crippen LogP contribution is 2.26. The quantitative estimate of drug-likeness (QED) is 0.887. The number of benzene rings is 1. The molecule has 0 spiro atoms. The van der Waals surface area contributed by atoms with E-state index in [9.17, 15) is 4.79 Å². The highest BCUT2D eigenvalue weighted by atomic mass is 32.1. The largest absolute Gasteiger partial charge is 0.480 e. The maximum absolute atomic E-state index is 10.8. The summed E-state index contributed by atoms with van der Waals surface area (Å²) in [4.78, 5) is 15.1. The number of hydrogen-bond acceptors (Lipinski definition) is 4. The van der Waals surface area contributed by atoms with Crippen LogP contribution in [0.1, 0.15) is 31.1 Å². The van der Waals surface area contributed by atoms with E-state index >= 15 is 0 Å². The summed E-state index contributed by atoms with van der Waals surface area (Å²) in [6.07, 6.45) is 1.05. The van der Waals surface area contributed by atoms with Gasteiger partial charge in [0.05, 0.1) is 5.69 Å². The lowest BCUT2D eigenvalue weighted by Crippen LogP contribution is -2.20. The van der Waals surface area contributed by atoms with Crippen molar-refractivity contribution in [2.24, 2.45) is 11.7 Å². The number of aliphatic carboxylic acids is 1. The Bertz CT molecular complexity index is 590. The third-order valence-electron chi connectivity index (χ3n) is 2.95. The second-order valence-corrected chi connectivity index (χ2v) is 6.05. The van der Waals surface area contributed by atoms with Gasteiger partial charge in [-0.25, -0.2) is 4.98 Å². The van der Waals surface area contributed by atoms with Crippen LogP contribution in [0.3, 0.4) is 0 Å². The van der Waals surface area contributed by atoms with Gasteiger partial charge in [0.25, 0.3) is 0 Å². The number of nitrogens with zero attached hydrogens (tertiary/aromatic N) is 1. The Morgan fingerprint density at radius 2 is 2.00 bits per heavy atom. The molecular formula is C15H18N2O2S. The van der Waals surface area contributed by atoms with Crippen molar-refractivity contribution < 1.29 is 9.90 Å². The number of carboxylic acid groups (broad SMARTS) is 1. The topological polar surface area (TPSA) is 76.2 Å². The van der Waals surface area contributed by atoms with Gasteiger partial charge in [0.15, 0.2) is 0 Å². The van der Waals surface area contributed by atoms with Gasteiger partial charge in [-0.3, -0.25) is 4.79 Å². The van der Waals surface area contributed by atoms with Crippen LogP contribution in [-0.2, 0) is 11.2 Å². The highest BCUT2D eigenvalue weighted by Gasteiger charge is 2.18. The molecule has 20 heavy (non-hydrogen) atoms. The lowest BCUT2D eigenvalue weighted by atomic mass is 10.0. The number of carboxylic acids is 1. The molecule has 0 aliphatic carbocycles. The SMILES string of the molecule is CC(C)Cc1ccc(-c2nc(C(N)C(=O)O)cs2)cc1. The average Bonchev–Trinajstić information content (AvgIpc) is 2.87. The second-order valence-electron chi connectivity index (χ2n) is 5.19. The van der Waals surface area contributed by atoms with E-state index in [1.807, 2.05) is 12.1 Å². The molecule has 2 aromatic rings. The van der Waals surface area contributed by atoms with Crippen molar-refractivity contribution >= 4 is 17.3 Å². The van der Waals surface area contributed by atoms with E-state index in [-0.39, 0.29) is 0 Å². The van der Waals surface area contributed by atoms with Gasteiger partial charge < -0.3 is 10.8 Å². The molecule has 0 aliphatic heterocycles. The lowest BCUT2D eigenvalue weighted by molar-refractivity contribution is -0.138. The van der Waals surface area contributed by atoms with Crippen molar-refractivity contribution in [2.45, 2.75) is 26.3 Å². The molecule has 1 aromatic carbocycles. The molecule has 2 rings (SSSR count). The zero-order valence-electron chi connectivity index (χ0n) is 11.5. The summed E-state index contributed by atoms with van der Waals surface area (Å²) < 4.78 is 0. The number of nitrogens with two attached hydrogens (primary N) is 1. The number of hydrogen-bond donors (Lipinski definition) is 2. The van der Waals surface area contributed by atoms with Crippen LogP contribution in [0.25, 0.3) is 10.6 Å². The Labute approximate surface area is 122 Å². The molecule has 0 fully saturated rings. The van der Waals surface area contributed by atoms with Gasteiger partial charge in [-0.15, -0.1) is 11.3 Å². The van der Waals surface area contributed by atoms with Gasteiger partial charge in [-0.2, -0.15) is 0 Å². The Morgan fingerprint density at radius 1 is 1.35 bits per heavy atom.